The first kappa shape index (κ1) is 19.4. The maximum Gasteiger partial charge on any atom is 0.301 e. The van der Waals surface area contributed by atoms with E-state index in [1.807, 2.05) is 0 Å². The molecule has 3 aromatic rings. The van der Waals surface area contributed by atoms with Gasteiger partial charge in [0.15, 0.2) is 11.9 Å². The molecule has 0 atom stereocenters. The van der Waals surface area contributed by atoms with Gasteiger partial charge in [0.25, 0.3) is 5.69 Å². The number of hydrogen-bond donors (Lipinski definition) is 1. The molecule has 11 nitrogen and oxygen atoms in total. The lowest BCUT2D eigenvalue weighted by Gasteiger charge is -2.09. The van der Waals surface area contributed by atoms with E-state index in [1.54, 1.807) is 42.7 Å². The van der Waals surface area contributed by atoms with E-state index >= 15 is 0 Å². The van der Waals surface area contributed by atoms with E-state index < -0.39 is 21.2 Å². The maximum atomic E-state index is 12.0. The topological polar surface area (TPSA) is 150 Å². The summed E-state index contributed by atoms with van der Waals surface area (Å²) in [7, 11) is 0. The second-order valence-corrected chi connectivity index (χ2v) is 5.82. The lowest BCUT2D eigenvalue weighted by atomic mass is 10.1. The smallest absolute Gasteiger partial charge is 0.301 e. The molecule has 3 rings (SSSR count). The predicted octanol–water partition coefficient (Wildman–Crippen LogP) is 2.59. The van der Waals surface area contributed by atoms with Gasteiger partial charge >= 0.3 is 5.69 Å². The molecular weight excluding hydrogens is 380 g/mol. The molecular formula is C18H14N6O5. The summed E-state index contributed by atoms with van der Waals surface area (Å²) >= 11 is 0. The second kappa shape index (κ2) is 8.52. The van der Waals surface area contributed by atoms with Crippen molar-refractivity contribution in [3.8, 4) is 0 Å². The Hall–Kier alpha value is -4.41. The normalized spacial score (nSPS) is 11.1. The number of nitrogens with one attached hydrogen (secondary N) is 1. The number of hydrogen-bond acceptors (Lipinski definition) is 8. The molecule has 0 saturated carbocycles. The Morgan fingerprint density at radius 3 is 2.59 bits per heavy atom. The van der Waals surface area contributed by atoms with Crippen LogP contribution in [0.5, 0.6) is 0 Å². The van der Waals surface area contributed by atoms with Crippen LogP contribution in [0, 0.1) is 25.4 Å². The molecule has 0 unspecified atom stereocenters. The molecule has 1 N–H and O–H groups in total. The van der Waals surface area contributed by atoms with Gasteiger partial charge < -0.3 is 5.21 Å². The van der Waals surface area contributed by atoms with Crippen LogP contribution < -0.4 is 10.2 Å². The number of anilines is 1. The van der Waals surface area contributed by atoms with Crippen molar-refractivity contribution in [2.24, 2.45) is 5.10 Å². The highest BCUT2D eigenvalue weighted by Gasteiger charge is 2.20. The minimum Gasteiger partial charge on any atom is -0.618 e. The monoisotopic (exact) mass is 394 g/mol. The SMILES string of the molecule is O=[N+]([O-])c1ccc(N/N=C(\Cc2cccc[n+]2[O-])c2cccnc2)c([N+](=O)[O-])c1. The Balaban J connectivity index is 1.98. The Morgan fingerprint density at radius 2 is 1.93 bits per heavy atom. The summed E-state index contributed by atoms with van der Waals surface area (Å²) in [5.41, 5.74) is 3.08. The van der Waals surface area contributed by atoms with Crippen LogP contribution in [0.15, 0.2) is 72.2 Å². The summed E-state index contributed by atoms with van der Waals surface area (Å²) in [6.07, 6.45) is 4.60. The highest BCUT2D eigenvalue weighted by Crippen LogP contribution is 2.29. The summed E-state index contributed by atoms with van der Waals surface area (Å²) in [5.74, 6) is 0. The number of rotatable bonds is 7. The molecule has 2 heterocycles. The first-order valence-corrected chi connectivity index (χ1v) is 8.28. The van der Waals surface area contributed by atoms with Crippen LogP contribution in [-0.4, -0.2) is 20.5 Å². The lowest BCUT2D eigenvalue weighted by molar-refractivity contribution is -0.613. The van der Waals surface area contributed by atoms with Crippen molar-refractivity contribution in [3.63, 3.8) is 0 Å². The van der Waals surface area contributed by atoms with E-state index in [0.29, 0.717) is 21.7 Å². The van der Waals surface area contributed by atoms with Gasteiger partial charge in [-0.3, -0.25) is 30.6 Å². The average molecular weight is 394 g/mol. The largest absolute Gasteiger partial charge is 0.618 e. The minimum absolute atomic E-state index is 0.0231. The quantitative estimate of drug-likeness (QED) is 0.213. The number of hydrazone groups is 1. The molecule has 11 heteroatoms. The molecule has 0 saturated heterocycles. The van der Waals surface area contributed by atoms with Gasteiger partial charge in [-0.15, -0.1) is 0 Å². The van der Waals surface area contributed by atoms with Gasteiger partial charge in [0.2, 0.25) is 0 Å². The first-order chi connectivity index (χ1) is 14.0. The molecule has 0 bridgehead atoms. The van der Waals surface area contributed by atoms with E-state index in [1.165, 1.54) is 12.3 Å². The third-order valence-electron chi connectivity index (χ3n) is 3.95. The Bertz CT molecular complexity index is 1090. The number of aromatic nitrogens is 2. The Kier molecular flexibility index (Phi) is 5.69. The maximum absolute atomic E-state index is 12.0. The van der Waals surface area contributed by atoms with Crippen LogP contribution in [0.2, 0.25) is 0 Å². The number of benzene rings is 1. The van der Waals surface area contributed by atoms with Crippen LogP contribution >= 0.6 is 0 Å². The fourth-order valence-electron chi connectivity index (χ4n) is 2.52. The second-order valence-electron chi connectivity index (χ2n) is 5.82. The van der Waals surface area contributed by atoms with E-state index in [9.17, 15) is 25.4 Å². The van der Waals surface area contributed by atoms with E-state index in [4.69, 9.17) is 0 Å². The highest BCUT2D eigenvalue weighted by molar-refractivity contribution is 6.01. The fraction of sp³-hybridized carbons (Fsp3) is 0.0556. The molecule has 2 aromatic heterocycles. The summed E-state index contributed by atoms with van der Waals surface area (Å²) in [4.78, 5) is 24.7. The summed E-state index contributed by atoms with van der Waals surface area (Å²) in [5, 5.41) is 38.4. The number of pyridine rings is 2. The van der Waals surface area contributed by atoms with Crippen LogP contribution in [0.3, 0.4) is 0 Å². The van der Waals surface area contributed by atoms with Crippen molar-refractivity contribution in [1.29, 1.82) is 0 Å². The zero-order valence-electron chi connectivity index (χ0n) is 14.8. The van der Waals surface area contributed by atoms with Crippen LogP contribution in [-0.2, 0) is 6.42 Å². The van der Waals surface area contributed by atoms with Gasteiger partial charge in [-0.25, -0.2) is 0 Å². The molecule has 0 aliphatic rings. The van der Waals surface area contributed by atoms with E-state index in [0.717, 1.165) is 12.1 Å². The van der Waals surface area contributed by atoms with Crippen LogP contribution in [0.4, 0.5) is 17.1 Å². The molecule has 0 spiro atoms. The highest BCUT2D eigenvalue weighted by atomic mass is 16.6. The average Bonchev–Trinajstić information content (AvgIpc) is 2.72. The number of nitro benzene ring substituents is 2. The van der Waals surface area contributed by atoms with Gasteiger partial charge in [-0.05, 0) is 24.3 Å². The van der Waals surface area contributed by atoms with Crippen molar-refractivity contribution < 1.29 is 14.6 Å². The van der Waals surface area contributed by atoms with Crippen molar-refractivity contribution >= 4 is 22.8 Å². The predicted molar refractivity (Wildman–Crippen MR) is 103 cm³/mol. The van der Waals surface area contributed by atoms with Gasteiger partial charge in [-0.1, -0.05) is 0 Å². The van der Waals surface area contributed by atoms with Gasteiger partial charge in [0.1, 0.15) is 5.69 Å². The standard InChI is InChI=1S/C18H14N6O5/c25-22-9-2-1-5-14(22)10-17(13-4-3-8-19-12-13)21-20-16-7-6-15(23(26)27)11-18(16)24(28)29/h1-9,11-12,20H,10H2/b21-17+. The summed E-state index contributed by atoms with van der Waals surface area (Å²) < 4.78 is 0.695. The molecule has 0 aliphatic heterocycles. The minimum atomic E-state index is -0.739. The Morgan fingerprint density at radius 1 is 1.10 bits per heavy atom. The van der Waals surface area contributed by atoms with E-state index in [-0.39, 0.29) is 12.1 Å². The molecule has 0 radical (unpaired) electrons. The third kappa shape index (κ3) is 4.66. The van der Waals surface area contributed by atoms with Crippen molar-refractivity contribution in [2.45, 2.75) is 6.42 Å². The van der Waals surface area contributed by atoms with Gasteiger partial charge in [0.05, 0.1) is 28.0 Å². The molecule has 146 valence electrons. The number of non-ortho nitro benzene ring substituents is 1. The molecule has 0 aliphatic carbocycles. The summed E-state index contributed by atoms with van der Waals surface area (Å²) in [6, 6.07) is 11.5. The number of nitrogens with zero attached hydrogens (tertiary/aromatic N) is 5. The van der Waals surface area contributed by atoms with E-state index in [2.05, 4.69) is 15.5 Å². The number of nitro groups is 2. The zero-order valence-corrected chi connectivity index (χ0v) is 14.8. The molecule has 0 amide bonds. The first-order valence-electron chi connectivity index (χ1n) is 8.28. The fourth-order valence-corrected chi connectivity index (χ4v) is 2.52. The van der Waals surface area contributed by atoms with Gasteiger partial charge in [0, 0.05) is 36.2 Å². The molecule has 29 heavy (non-hydrogen) atoms. The summed E-state index contributed by atoms with van der Waals surface area (Å²) in [6.45, 7) is 0. The van der Waals surface area contributed by atoms with Crippen LogP contribution in [0.1, 0.15) is 11.3 Å². The Labute approximate surface area is 163 Å². The molecule has 1 aromatic carbocycles. The van der Waals surface area contributed by atoms with Crippen molar-refractivity contribution in [2.75, 3.05) is 5.43 Å². The van der Waals surface area contributed by atoms with Crippen LogP contribution in [0.25, 0.3) is 0 Å². The third-order valence-corrected chi connectivity index (χ3v) is 3.95. The van der Waals surface area contributed by atoms with Crippen molar-refractivity contribution in [3.05, 3.63) is 104 Å². The van der Waals surface area contributed by atoms with Gasteiger partial charge in [-0.2, -0.15) is 9.83 Å². The van der Waals surface area contributed by atoms with Crippen molar-refractivity contribution in [1.82, 2.24) is 4.98 Å². The molecule has 0 fully saturated rings. The lowest BCUT2D eigenvalue weighted by Crippen LogP contribution is -2.32. The zero-order chi connectivity index (χ0) is 20.8.